The Morgan fingerprint density at radius 1 is 1.40 bits per heavy atom. The number of hydrogen-bond donors (Lipinski definition) is 2. The molecule has 6 heteroatoms. The van der Waals surface area contributed by atoms with Crippen LogP contribution >= 0.6 is 0 Å². The van der Waals surface area contributed by atoms with Gasteiger partial charge in [-0.3, -0.25) is 4.79 Å². The van der Waals surface area contributed by atoms with Crippen molar-refractivity contribution < 1.29 is 18.3 Å². The number of hydrogen-bond acceptors (Lipinski definition) is 3. The molecule has 4 nitrogen and oxygen atoms in total. The predicted octanol–water partition coefficient (Wildman–Crippen LogP) is 1.33. The van der Waals surface area contributed by atoms with Crippen LogP contribution in [0.3, 0.4) is 0 Å². The molecule has 3 N–H and O–H groups in total. The zero-order chi connectivity index (χ0) is 14.5. The first-order valence-electron chi connectivity index (χ1n) is 6.63. The number of benzene rings is 1. The summed E-state index contributed by atoms with van der Waals surface area (Å²) in [5.41, 5.74) is 6.00. The highest BCUT2D eigenvalue weighted by Gasteiger charge is 2.26. The standard InChI is InChI=1S/C14H18F2N2O2/c15-11-1-2-12(16)10(7-11)8-18-14(19)13(17)9-3-5-20-6-4-9/h1-2,7,9,13H,3-6,8,17H2,(H,18,19). The summed E-state index contributed by atoms with van der Waals surface area (Å²) in [6, 6.07) is 2.50. The second-order valence-electron chi connectivity index (χ2n) is 4.93. The molecule has 1 atom stereocenters. The Balaban J connectivity index is 1.89. The number of amides is 1. The Morgan fingerprint density at radius 3 is 2.80 bits per heavy atom. The first kappa shape index (κ1) is 14.9. The highest BCUT2D eigenvalue weighted by Crippen LogP contribution is 2.18. The van der Waals surface area contributed by atoms with Gasteiger partial charge in [-0.15, -0.1) is 0 Å². The van der Waals surface area contributed by atoms with Crippen LogP contribution in [0.25, 0.3) is 0 Å². The van der Waals surface area contributed by atoms with Crippen LogP contribution in [0.5, 0.6) is 0 Å². The van der Waals surface area contributed by atoms with Crippen molar-refractivity contribution >= 4 is 5.91 Å². The lowest BCUT2D eigenvalue weighted by Crippen LogP contribution is -2.46. The second kappa shape index (κ2) is 6.76. The maximum absolute atomic E-state index is 13.4. The largest absolute Gasteiger partial charge is 0.381 e. The molecule has 0 aromatic heterocycles. The van der Waals surface area contributed by atoms with E-state index in [1.807, 2.05) is 0 Å². The van der Waals surface area contributed by atoms with Crippen molar-refractivity contribution in [3.8, 4) is 0 Å². The topological polar surface area (TPSA) is 64.4 Å². The van der Waals surface area contributed by atoms with E-state index in [2.05, 4.69) is 5.32 Å². The summed E-state index contributed by atoms with van der Waals surface area (Å²) in [7, 11) is 0. The van der Waals surface area contributed by atoms with Gasteiger partial charge < -0.3 is 15.8 Å². The van der Waals surface area contributed by atoms with Crippen LogP contribution in [-0.2, 0) is 16.1 Å². The van der Waals surface area contributed by atoms with E-state index in [0.29, 0.717) is 13.2 Å². The second-order valence-corrected chi connectivity index (χ2v) is 4.93. The van der Waals surface area contributed by atoms with Gasteiger partial charge in [0.2, 0.25) is 5.91 Å². The highest BCUT2D eigenvalue weighted by molar-refractivity contribution is 5.81. The number of rotatable bonds is 4. The van der Waals surface area contributed by atoms with Crippen LogP contribution in [0.1, 0.15) is 18.4 Å². The molecule has 1 saturated heterocycles. The van der Waals surface area contributed by atoms with Crippen LogP contribution in [0.15, 0.2) is 18.2 Å². The van der Waals surface area contributed by atoms with Gasteiger partial charge in [-0.2, -0.15) is 0 Å². The number of carbonyl (C=O) groups excluding carboxylic acids is 1. The van der Waals surface area contributed by atoms with Crippen molar-refractivity contribution in [1.82, 2.24) is 5.32 Å². The van der Waals surface area contributed by atoms with Crippen LogP contribution in [0, 0.1) is 17.6 Å². The van der Waals surface area contributed by atoms with E-state index >= 15 is 0 Å². The fourth-order valence-electron chi connectivity index (χ4n) is 2.27. The average Bonchev–Trinajstić information content (AvgIpc) is 2.48. The van der Waals surface area contributed by atoms with E-state index in [0.717, 1.165) is 31.0 Å². The van der Waals surface area contributed by atoms with Crippen molar-refractivity contribution in [3.63, 3.8) is 0 Å². The first-order valence-corrected chi connectivity index (χ1v) is 6.63. The van der Waals surface area contributed by atoms with Gasteiger partial charge >= 0.3 is 0 Å². The smallest absolute Gasteiger partial charge is 0.237 e. The molecule has 1 aliphatic heterocycles. The lowest BCUT2D eigenvalue weighted by atomic mass is 9.92. The monoisotopic (exact) mass is 284 g/mol. The summed E-state index contributed by atoms with van der Waals surface area (Å²) in [6.45, 7) is 1.13. The Bertz CT molecular complexity index is 476. The highest BCUT2D eigenvalue weighted by atomic mass is 19.1. The molecule has 0 bridgehead atoms. The molecule has 1 aromatic rings. The normalized spacial score (nSPS) is 17.8. The quantitative estimate of drug-likeness (QED) is 0.877. The summed E-state index contributed by atoms with van der Waals surface area (Å²) in [6.07, 6.45) is 1.48. The van der Waals surface area contributed by atoms with E-state index in [9.17, 15) is 13.6 Å². The van der Waals surface area contributed by atoms with Crippen LogP contribution in [-0.4, -0.2) is 25.2 Å². The molecule has 0 saturated carbocycles. The zero-order valence-corrected chi connectivity index (χ0v) is 11.1. The number of nitrogens with two attached hydrogens (primary N) is 1. The van der Waals surface area contributed by atoms with Crippen molar-refractivity contribution in [2.75, 3.05) is 13.2 Å². The van der Waals surface area contributed by atoms with Gasteiger partial charge in [0.05, 0.1) is 6.04 Å². The third-order valence-corrected chi connectivity index (χ3v) is 3.54. The summed E-state index contributed by atoms with van der Waals surface area (Å²) in [5.74, 6) is -1.36. The molecule has 2 rings (SSSR count). The first-order chi connectivity index (χ1) is 9.58. The summed E-state index contributed by atoms with van der Waals surface area (Å²) >= 11 is 0. The maximum atomic E-state index is 13.4. The number of nitrogens with one attached hydrogen (secondary N) is 1. The Morgan fingerprint density at radius 2 is 2.10 bits per heavy atom. The van der Waals surface area contributed by atoms with E-state index in [1.54, 1.807) is 0 Å². The van der Waals surface area contributed by atoms with Gasteiger partial charge in [-0.1, -0.05) is 0 Å². The van der Waals surface area contributed by atoms with Gasteiger partial charge in [0.15, 0.2) is 0 Å². The maximum Gasteiger partial charge on any atom is 0.237 e. The summed E-state index contributed by atoms with van der Waals surface area (Å²) < 4.78 is 31.6. The molecule has 0 aliphatic carbocycles. The van der Waals surface area contributed by atoms with Crippen molar-refractivity contribution in [2.24, 2.45) is 11.7 Å². The molecule has 1 heterocycles. The van der Waals surface area contributed by atoms with Crippen LogP contribution in [0.4, 0.5) is 8.78 Å². The minimum atomic E-state index is -0.643. The molecule has 0 spiro atoms. The van der Waals surface area contributed by atoms with Crippen molar-refractivity contribution in [2.45, 2.75) is 25.4 Å². The van der Waals surface area contributed by atoms with Gasteiger partial charge in [-0.25, -0.2) is 8.78 Å². The SMILES string of the molecule is NC(C(=O)NCc1cc(F)ccc1F)C1CCOCC1. The van der Waals surface area contributed by atoms with Gasteiger partial charge in [0.25, 0.3) is 0 Å². The van der Waals surface area contributed by atoms with Crippen LogP contribution < -0.4 is 11.1 Å². The molecule has 1 fully saturated rings. The molecule has 110 valence electrons. The molecule has 1 aliphatic rings. The minimum absolute atomic E-state index is 0.0701. The third-order valence-electron chi connectivity index (χ3n) is 3.54. The van der Waals surface area contributed by atoms with E-state index < -0.39 is 17.7 Å². The minimum Gasteiger partial charge on any atom is -0.381 e. The fourth-order valence-corrected chi connectivity index (χ4v) is 2.27. The van der Waals surface area contributed by atoms with Gasteiger partial charge in [0.1, 0.15) is 11.6 Å². The molecule has 20 heavy (non-hydrogen) atoms. The molecular weight excluding hydrogens is 266 g/mol. The van der Waals surface area contributed by atoms with E-state index in [1.165, 1.54) is 0 Å². The lowest BCUT2D eigenvalue weighted by molar-refractivity contribution is -0.124. The fraction of sp³-hybridized carbons (Fsp3) is 0.500. The summed E-state index contributed by atoms with van der Waals surface area (Å²) in [4.78, 5) is 11.9. The Labute approximate surface area is 116 Å². The molecule has 1 amide bonds. The average molecular weight is 284 g/mol. The molecular formula is C14H18F2N2O2. The predicted molar refractivity (Wildman–Crippen MR) is 69.7 cm³/mol. The molecule has 1 aromatic carbocycles. The zero-order valence-electron chi connectivity index (χ0n) is 11.1. The summed E-state index contributed by atoms with van der Waals surface area (Å²) in [5, 5.41) is 2.55. The number of carbonyl (C=O) groups is 1. The molecule has 1 unspecified atom stereocenters. The van der Waals surface area contributed by atoms with Gasteiger partial charge in [0, 0.05) is 25.3 Å². The Hall–Kier alpha value is -1.53. The van der Waals surface area contributed by atoms with Crippen molar-refractivity contribution in [1.29, 1.82) is 0 Å². The third kappa shape index (κ3) is 3.74. The van der Waals surface area contributed by atoms with E-state index in [-0.39, 0.29) is 23.9 Å². The van der Waals surface area contributed by atoms with Gasteiger partial charge in [-0.05, 0) is 37.0 Å². The van der Waals surface area contributed by atoms with Crippen LogP contribution in [0.2, 0.25) is 0 Å². The number of halogens is 2. The Kier molecular flexibility index (Phi) is 5.03. The van der Waals surface area contributed by atoms with Crippen molar-refractivity contribution in [3.05, 3.63) is 35.4 Å². The van der Waals surface area contributed by atoms with E-state index in [4.69, 9.17) is 10.5 Å². The lowest BCUT2D eigenvalue weighted by Gasteiger charge is -2.26. The number of ether oxygens (including phenoxy) is 1. The molecule has 0 radical (unpaired) electrons.